The highest BCUT2D eigenvalue weighted by atomic mass is 16.5. The van der Waals surface area contributed by atoms with Crippen LogP contribution in [0.25, 0.3) is 11.0 Å². The molecule has 29 heavy (non-hydrogen) atoms. The van der Waals surface area contributed by atoms with E-state index in [9.17, 15) is 9.59 Å². The van der Waals surface area contributed by atoms with Crippen LogP contribution in [-0.2, 0) is 11.3 Å². The number of rotatable bonds is 8. The smallest absolute Gasteiger partial charge is 0.272 e. The minimum atomic E-state index is -0.108. The van der Waals surface area contributed by atoms with Gasteiger partial charge in [0.15, 0.2) is 0 Å². The highest BCUT2D eigenvalue weighted by molar-refractivity contribution is 5.94. The molecule has 0 radical (unpaired) electrons. The lowest BCUT2D eigenvalue weighted by molar-refractivity contribution is 0.0757. The number of para-hydroxylation sites is 2. The fraction of sp³-hybridized carbons (Fsp3) is 0.348. The molecule has 0 saturated carbocycles. The summed E-state index contributed by atoms with van der Waals surface area (Å²) in [5, 5.41) is 2.90. The van der Waals surface area contributed by atoms with Gasteiger partial charge < -0.3 is 14.6 Å². The third kappa shape index (κ3) is 5.29. The third-order valence-electron chi connectivity index (χ3n) is 4.63. The van der Waals surface area contributed by atoms with E-state index in [4.69, 9.17) is 4.74 Å². The van der Waals surface area contributed by atoms with Crippen molar-refractivity contribution < 1.29 is 9.53 Å². The predicted molar refractivity (Wildman–Crippen MR) is 114 cm³/mol. The summed E-state index contributed by atoms with van der Waals surface area (Å²) in [6, 6.07) is 14.9. The number of carbonyl (C=O) groups excluding carboxylic acids is 1. The largest absolute Gasteiger partial charge is 0.379 e. The standard InChI is InChI=1S/C23H27N3O3/c1-16(2)29-14-6-13-24-22(27)19-11-9-18(10-12-19)15-26-21-8-5-4-7-20(21)25-17(3)23(26)28/h4-5,7-12,16H,6,13-15H2,1-3H3,(H,24,27). The molecule has 0 fully saturated rings. The number of fused-ring (bicyclic) bond motifs is 1. The van der Waals surface area contributed by atoms with Crippen LogP contribution in [0, 0.1) is 6.92 Å². The molecular weight excluding hydrogens is 366 g/mol. The second-order valence-electron chi connectivity index (χ2n) is 7.30. The summed E-state index contributed by atoms with van der Waals surface area (Å²) < 4.78 is 7.19. The first-order chi connectivity index (χ1) is 14.0. The van der Waals surface area contributed by atoms with E-state index >= 15 is 0 Å². The number of aryl methyl sites for hydroxylation is 1. The molecule has 0 aliphatic carbocycles. The minimum absolute atomic E-state index is 0.103. The van der Waals surface area contributed by atoms with Gasteiger partial charge >= 0.3 is 0 Å². The van der Waals surface area contributed by atoms with Crippen molar-refractivity contribution in [3.8, 4) is 0 Å². The zero-order chi connectivity index (χ0) is 20.8. The van der Waals surface area contributed by atoms with Crippen molar-refractivity contribution >= 4 is 16.9 Å². The van der Waals surface area contributed by atoms with Gasteiger partial charge in [-0.3, -0.25) is 9.59 Å². The maximum absolute atomic E-state index is 12.6. The molecule has 3 rings (SSSR count). The lowest BCUT2D eigenvalue weighted by Gasteiger charge is -2.12. The minimum Gasteiger partial charge on any atom is -0.379 e. The molecule has 1 amide bonds. The number of hydrogen-bond acceptors (Lipinski definition) is 4. The molecular formula is C23H27N3O3. The van der Waals surface area contributed by atoms with E-state index in [1.807, 2.05) is 50.2 Å². The quantitative estimate of drug-likeness (QED) is 0.596. The van der Waals surface area contributed by atoms with Crippen LogP contribution in [0.4, 0.5) is 0 Å². The molecule has 0 atom stereocenters. The van der Waals surface area contributed by atoms with Gasteiger partial charge in [0.1, 0.15) is 5.69 Å². The van der Waals surface area contributed by atoms with E-state index < -0.39 is 0 Å². The predicted octanol–water partition coefficient (Wildman–Crippen LogP) is 3.30. The van der Waals surface area contributed by atoms with Crippen LogP contribution in [0.15, 0.2) is 53.3 Å². The van der Waals surface area contributed by atoms with Crippen molar-refractivity contribution in [2.24, 2.45) is 0 Å². The van der Waals surface area contributed by atoms with Gasteiger partial charge in [0.05, 0.1) is 23.7 Å². The second kappa shape index (κ2) is 9.47. The van der Waals surface area contributed by atoms with Gasteiger partial charge in [0.2, 0.25) is 0 Å². The Kier molecular flexibility index (Phi) is 6.77. The summed E-state index contributed by atoms with van der Waals surface area (Å²) in [4.78, 5) is 29.2. The Morgan fingerprint density at radius 2 is 1.86 bits per heavy atom. The topological polar surface area (TPSA) is 73.2 Å². The van der Waals surface area contributed by atoms with Crippen LogP contribution in [-0.4, -0.2) is 34.7 Å². The van der Waals surface area contributed by atoms with Crippen molar-refractivity contribution in [3.63, 3.8) is 0 Å². The lowest BCUT2D eigenvalue weighted by atomic mass is 10.1. The molecule has 3 aromatic rings. The fourth-order valence-electron chi connectivity index (χ4n) is 3.12. The van der Waals surface area contributed by atoms with Crippen LogP contribution < -0.4 is 10.9 Å². The van der Waals surface area contributed by atoms with Gasteiger partial charge in [-0.15, -0.1) is 0 Å². The lowest BCUT2D eigenvalue weighted by Crippen LogP contribution is -2.26. The Labute approximate surface area is 170 Å². The first kappa shape index (κ1) is 20.7. The molecule has 2 aromatic carbocycles. The molecule has 0 aliphatic heterocycles. The number of nitrogens with one attached hydrogen (secondary N) is 1. The van der Waals surface area contributed by atoms with Crippen molar-refractivity contribution in [3.05, 3.63) is 75.7 Å². The number of nitrogens with zero attached hydrogens (tertiary/aromatic N) is 2. The van der Waals surface area contributed by atoms with Crippen LogP contribution in [0.5, 0.6) is 0 Å². The van der Waals surface area contributed by atoms with Crippen LogP contribution >= 0.6 is 0 Å². The van der Waals surface area contributed by atoms with Gasteiger partial charge in [0.25, 0.3) is 11.5 Å². The molecule has 6 nitrogen and oxygen atoms in total. The van der Waals surface area contributed by atoms with E-state index in [2.05, 4.69) is 10.3 Å². The van der Waals surface area contributed by atoms with Crippen molar-refractivity contribution in [1.82, 2.24) is 14.9 Å². The van der Waals surface area contributed by atoms with Crippen molar-refractivity contribution in [2.75, 3.05) is 13.2 Å². The number of carbonyl (C=O) groups is 1. The summed E-state index contributed by atoms with van der Waals surface area (Å²) in [5.41, 5.74) is 3.51. The fourth-order valence-corrected chi connectivity index (χ4v) is 3.12. The average molecular weight is 393 g/mol. The van der Waals surface area contributed by atoms with Crippen LogP contribution in [0.3, 0.4) is 0 Å². The van der Waals surface area contributed by atoms with E-state index in [1.165, 1.54) is 0 Å². The molecule has 0 spiro atoms. The van der Waals surface area contributed by atoms with Gasteiger partial charge in [-0.05, 0) is 57.0 Å². The van der Waals surface area contributed by atoms with E-state index in [-0.39, 0.29) is 17.6 Å². The van der Waals surface area contributed by atoms with Gasteiger partial charge in [-0.2, -0.15) is 0 Å². The van der Waals surface area contributed by atoms with Gasteiger partial charge in [-0.1, -0.05) is 24.3 Å². The summed E-state index contributed by atoms with van der Waals surface area (Å²) in [6.07, 6.45) is 0.978. The van der Waals surface area contributed by atoms with Gasteiger partial charge in [-0.25, -0.2) is 4.98 Å². The molecule has 0 aliphatic rings. The maximum atomic E-state index is 12.6. The highest BCUT2D eigenvalue weighted by Crippen LogP contribution is 2.13. The monoisotopic (exact) mass is 393 g/mol. The number of benzene rings is 2. The second-order valence-corrected chi connectivity index (χ2v) is 7.30. The first-order valence-electron chi connectivity index (χ1n) is 9.90. The molecule has 1 heterocycles. The first-order valence-corrected chi connectivity index (χ1v) is 9.90. The number of ether oxygens (including phenoxy) is 1. The number of amides is 1. The summed E-state index contributed by atoms with van der Waals surface area (Å²) in [6.45, 7) is 7.34. The zero-order valence-electron chi connectivity index (χ0n) is 17.1. The molecule has 0 bridgehead atoms. The third-order valence-corrected chi connectivity index (χ3v) is 4.63. The summed E-state index contributed by atoms with van der Waals surface area (Å²) in [5.74, 6) is -0.108. The molecule has 0 saturated heterocycles. The van der Waals surface area contributed by atoms with Crippen molar-refractivity contribution in [1.29, 1.82) is 0 Å². The SMILES string of the molecule is Cc1nc2ccccc2n(Cc2ccc(C(=O)NCCCOC(C)C)cc2)c1=O. The zero-order valence-corrected chi connectivity index (χ0v) is 17.1. The Bertz CT molecular complexity index is 1040. The van der Waals surface area contributed by atoms with E-state index in [1.54, 1.807) is 23.6 Å². The summed E-state index contributed by atoms with van der Waals surface area (Å²) in [7, 11) is 0. The van der Waals surface area contributed by atoms with Crippen molar-refractivity contribution in [2.45, 2.75) is 39.8 Å². The Morgan fingerprint density at radius 3 is 2.59 bits per heavy atom. The summed E-state index contributed by atoms with van der Waals surface area (Å²) >= 11 is 0. The molecule has 6 heteroatoms. The van der Waals surface area contributed by atoms with Crippen LogP contribution in [0.2, 0.25) is 0 Å². The molecule has 1 aromatic heterocycles. The Balaban J connectivity index is 1.67. The number of hydrogen-bond donors (Lipinski definition) is 1. The molecule has 152 valence electrons. The maximum Gasteiger partial charge on any atom is 0.272 e. The Hall–Kier alpha value is -2.99. The average Bonchev–Trinajstić information content (AvgIpc) is 2.71. The molecule has 1 N–H and O–H groups in total. The molecule has 0 unspecified atom stereocenters. The van der Waals surface area contributed by atoms with Crippen LogP contribution in [0.1, 0.15) is 41.9 Å². The van der Waals surface area contributed by atoms with E-state index in [0.29, 0.717) is 31.0 Å². The Morgan fingerprint density at radius 1 is 1.14 bits per heavy atom. The van der Waals surface area contributed by atoms with E-state index in [0.717, 1.165) is 23.0 Å². The normalized spacial score (nSPS) is 11.2. The highest BCUT2D eigenvalue weighted by Gasteiger charge is 2.09. The number of aromatic nitrogens is 2. The van der Waals surface area contributed by atoms with Gasteiger partial charge in [0, 0.05) is 18.7 Å².